The molecule has 0 radical (unpaired) electrons. The molecule has 0 unspecified atom stereocenters. The van der Waals surface area contributed by atoms with Gasteiger partial charge in [-0.15, -0.1) is 0 Å². The number of aliphatic hydroxyl groups is 1. The van der Waals surface area contributed by atoms with Gasteiger partial charge in [-0.2, -0.15) is 0 Å². The lowest BCUT2D eigenvalue weighted by Gasteiger charge is -2.09. The van der Waals surface area contributed by atoms with Gasteiger partial charge in [0.05, 0.1) is 24.6 Å². The summed E-state index contributed by atoms with van der Waals surface area (Å²) in [7, 11) is 0. The molecule has 0 saturated heterocycles. The molecule has 2 rings (SSSR count). The predicted octanol–water partition coefficient (Wildman–Crippen LogP) is 2.23. The standard InChI is InChI=1S/C15H16N2O2/c1-12(17-19-11-10-18)13-5-7-14(8-6-13)15-4-2-3-9-16-15/h2-9,17-18H,1,10-11H2. The van der Waals surface area contributed by atoms with Gasteiger partial charge in [-0.25, -0.2) is 0 Å². The van der Waals surface area contributed by atoms with E-state index in [1.54, 1.807) is 6.20 Å². The molecule has 0 aliphatic heterocycles. The summed E-state index contributed by atoms with van der Waals surface area (Å²) in [6.07, 6.45) is 1.77. The van der Waals surface area contributed by atoms with E-state index in [2.05, 4.69) is 17.0 Å². The van der Waals surface area contributed by atoms with Crippen LogP contribution in [0, 0.1) is 0 Å². The van der Waals surface area contributed by atoms with Crippen molar-refractivity contribution in [3.63, 3.8) is 0 Å². The number of pyridine rings is 1. The van der Waals surface area contributed by atoms with Gasteiger partial charge in [0.15, 0.2) is 0 Å². The maximum Gasteiger partial charge on any atom is 0.0976 e. The fraction of sp³-hybridized carbons (Fsp3) is 0.133. The van der Waals surface area contributed by atoms with Crippen molar-refractivity contribution in [3.8, 4) is 11.3 Å². The number of nitrogens with one attached hydrogen (secondary N) is 1. The Balaban J connectivity index is 2.04. The topological polar surface area (TPSA) is 54.4 Å². The van der Waals surface area contributed by atoms with Crippen LogP contribution >= 0.6 is 0 Å². The number of hydrogen-bond acceptors (Lipinski definition) is 4. The summed E-state index contributed by atoms with van der Waals surface area (Å²) in [6, 6.07) is 13.7. The maximum atomic E-state index is 8.61. The van der Waals surface area contributed by atoms with E-state index in [1.807, 2.05) is 42.5 Å². The Bertz CT molecular complexity index is 524. The average Bonchev–Trinajstić information content (AvgIpc) is 2.48. The molecule has 2 aromatic rings. The van der Waals surface area contributed by atoms with Crippen LogP contribution in [0.5, 0.6) is 0 Å². The molecule has 19 heavy (non-hydrogen) atoms. The Morgan fingerprint density at radius 1 is 1.21 bits per heavy atom. The molecular weight excluding hydrogens is 240 g/mol. The Kier molecular flexibility index (Phi) is 4.66. The fourth-order valence-corrected chi connectivity index (χ4v) is 1.62. The molecule has 1 aromatic carbocycles. The zero-order chi connectivity index (χ0) is 13.5. The largest absolute Gasteiger partial charge is 0.394 e. The third kappa shape index (κ3) is 3.64. The molecule has 2 N–H and O–H groups in total. The van der Waals surface area contributed by atoms with Gasteiger partial charge in [-0.3, -0.25) is 15.3 Å². The first kappa shape index (κ1) is 13.3. The van der Waals surface area contributed by atoms with Gasteiger partial charge in [0.2, 0.25) is 0 Å². The van der Waals surface area contributed by atoms with Gasteiger partial charge >= 0.3 is 0 Å². The summed E-state index contributed by atoms with van der Waals surface area (Å²) in [5.74, 6) is 0. The predicted molar refractivity (Wildman–Crippen MR) is 74.9 cm³/mol. The summed E-state index contributed by atoms with van der Waals surface area (Å²) in [5, 5.41) is 8.61. The molecule has 1 heterocycles. The first-order chi connectivity index (χ1) is 9.31. The van der Waals surface area contributed by atoms with Crippen molar-refractivity contribution in [1.29, 1.82) is 0 Å². The minimum absolute atomic E-state index is 0.0289. The van der Waals surface area contributed by atoms with Crippen LogP contribution in [0.15, 0.2) is 55.2 Å². The Hall–Kier alpha value is -2.17. The van der Waals surface area contributed by atoms with Crippen molar-refractivity contribution in [2.75, 3.05) is 13.2 Å². The number of benzene rings is 1. The Morgan fingerprint density at radius 3 is 2.63 bits per heavy atom. The molecule has 0 atom stereocenters. The molecule has 0 saturated carbocycles. The smallest absolute Gasteiger partial charge is 0.0976 e. The molecule has 0 amide bonds. The second-order valence-corrected chi connectivity index (χ2v) is 3.95. The van der Waals surface area contributed by atoms with Crippen LogP contribution in [0.1, 0.15) is 5.56 Å². The summed E-state index contributed by atoms with van der Waals surface area (Å²) in [4.78, 5) is 9.30. The summed E-state index contributed by atoms with van der Waals surface area (Å²) in [5.41, 5.74) is 6.25. The van der Waals surface area contributed by atoms with E-state index in [0.717, 1.165) is 16.8 Å². The minimum Gasteiger partial charge on any atom is -0.394 e. The van der Waals surface area contributed by atoms with Crippen LogP contribution in [-0.2, 0) is 4.84 Å². The number of aliphatic hydroxyl groups excluding tert-OH is 1. The van der Waals surface area contributed by atoms with Crippen LogP contribution in [0.25, 0.3) is 17.0 Å². The number of hydrogen-bond donors (Lipinski definition) is 2. The lowest BCUT2D eigenvalue weighted by molar-refractivity contribution is 0.0481. The van der Waals surface area contributed by atoms with Gasteiger partial charge in [-0.05, 0) is 17.7 Å². The molecule has 4 heteroatoms. The monoisotopic (exact) mass is 256 g/mol. The SMILES string of the molecule is C=C(NOCCO)c1ccc(-c2ccccn2)cc1. The quantitative estimate of drug-likeness (QED) is 0.614. The van der Waals surface area contributed by atoms with Gasteiger partial charge in [-0.1, -0.05) is 36.9 Å². The van der Waals surface area contributed by atoms with Gasteiger partial charge in [0.1, 0.15) is 0 Å². The van der Waals surface area contributed by atoms with Crippen LogP contribution in [-0.4, -0.2) is 23.3 Å². The van der Waals surface area contributed by atoms with Gasteiger partial charge < -0.3 is 5.11 Å². The Morgan fingerprint density at radius 2 is 2.00 bits per heavy atom. The van der Waals surface area contributed by atoms with E-state index >= 15 is 0 Å². The van der Waals surface area contributed by atoms with Crippen LogP contribution < -0.4 is 5.48 Å². The highest BCUT2D eigenvalue weighted by Gasteiger charge is 2.01. The van der Waals surface area contributed by atoms with Gasteiger partial charge in [0.25, 0.3) is 0 Å². The fourth-order valence-electron chi connectivity index (χ4n) is 1.62. The van der Waals surface area contributed by atoms with Crippen molar-refractivity contribution in [1.82, 2.24) is 10.5 Å². The molecule has 4 nitrogen and oxygen atoms in total. The summed E-state index contributed by atoms with van der Waals surface area (Å²) >= 11 is 0. The number of hydroxylamine groups is 1. The summed E-state index contributed by atoms with van der Waals surface area (Å²) < 4.78 is 0. The number of aromatic nitrogens is 1. The second kappa shape index (κ2) is 6.68. The van der Waals surface area contributed by atoms with Crippen molar-refractivity contribution in [3.05, 3.63) is 60.8 Å². The van der Waals surface area contributed by atoms with E-state index in [-0.39, 0.29) is 13.2 Å². The average molecular weight is 256 g/mol. The van der Waals surface area contributed by atoms with Gasteiger partial charge in [0, 0.05) is 11.8 Å². The van der Waals surface area contributed by atoms with Crippen molar-refractivity contribution in [2.45, 2.75) is 0 Å². The molecule has 98 valence electrons. The molecule has 0 aliphatic rings. The molecule has 0 aliphatic carbocycles. The molecular formula is C15H16N2O2. The highest BCUT2D eigenvalue weighted by atomic mass is 16.6. The molecule has 0 fully saturated rings. The lowest BCUT2D eigenvalue weighted by atomic mass is 10.1. The third-order valence-corrected chi connectivity index (χ3v) is 2.58. The highest BCUT2D eigenvalue weighted by Crippen LogP contribution is 2.19. The van der Waals surface area contributed by atoms with E-state index in [9.17, 15) is 0 Å². The van der Waals surface area contributed by atoms with Crippen molar-refractivity contribution >= 4 is 5.70 Å². The first-order valence-corrected chi connectivity index (χ1v) is 6.00. The third-order valence-electron chi connectivity index (χ3n) is 2.58. The van der Waals surface area contributed by atoms with E-state index in [0.29, 0.717) is 5.70 Å². The summed E-state index contributed by atoms with van der Waals surface area (Å²) in [6.45, 7) is 4.06. The zero-order valence-corrected chi connectivity index (χ0v) is 10.5. The van der Waals surface area contributed by atoms with E-state index in [1.165, 1.54) is 0 Å². The van der Waals surface area contributed by atoms with Crippen LogP contribution in [0.2, 0.25) is 0 Å². The van der Waals surface area contributed by atoms with E-state index < -0.39 is 0 Å². The molecule has 1 aromatic heterocycles. The first-order valence-electron chi connectivity index (χ1n) is 6.00. The zero-order valence-electron chi connectivity index (χ0n) is 10.5. The molecule has 0 spiro atoms. The maximum absolute atomic E-state index is 8.61. The number of rotatable bonds is 6. The number of nitrogens with zero attached hydrogens (tertiary/aromatic N) is 1. The lowest BCUT2D eigenvalue weighted by Crippen LogP contribution is -2.14. The molecule has 0 bridgehead atoms. The van der Waals surface area contributed by atoms with Crippen molar-refractivity contribution < 1.29 is 9.94 Å². The minimum atomic E-state index is -0.0289. The van der Waals surface area contributed by atoms with Crippen LogP contribution in [0.4, 0.5) is 0 Å². The van der Waals surface area contributed by atoms with Crippen LogP contribution in [0.3, 0.4) is 0 Å². The van der Waals surface area contributed by atoms with Crippen molar-refractivity contribution in [2.24, 2.45) is 0 Å². The highest BCUT2D eigenvalue weighted by molar-refractivity contribution is 5.66. The van der Waals surface area contributed by atoms with E-state index in [4.69, 9.17) is 9.94 Å². The normalized spacial score (nSPS) is 10.2. The second-order valence-electron chi connectivity index (χ2n) is 3.95. The Labute approximate surface area is 112 Å².